The first-order valence-electron chi connectivity index (χ1n) is 3.88. The average Bonchev–Trinajstić information content (AvgIpc) is 2.72. The van der Waals surface area contributed by atoms with Crippen LogP contribution in [0.5, 0.6) is 0 Å². The minimum atomic E-state index is 0.858. The van der Waals surface area contributed by atoms with E-state index in [1.165, 1.54) is 5.56 Å². The molecule has 0 saturated carbocycles. The van der Waals surface area contributed by atoms with Crippen LogP contribution in [0.3, 0.4) is 0 Å². The Bertz CT molecular complexity index is 398. The van der Waals surface area contributed by atoms with Crippen molar-refractivity contribution in [1.29, 1.82) is 0 Å². The lowest BCUT2D eigenvalue weighted by molar-refractivity contribution is 1.80. The van der Waals surface area contributed by atoms with E-state index in [4.69, 9.17) is 5.73 Å². The number of nitrogens with two attached hydrogens (primary N) is 1. The molecule has 2 aromatic rings. The second kappa shape index (κ2) is 3.77. The second-order valence-electron chi connectivity index (χ2n) is 2.67. The quantitative estimate of drug-likeness (QED) is 0.800. The van der Waals surface area contributed by atoms with Gasteiger partial charge in [-0.15, -0.1) is 11.3 Å². The highest BCUT2D eigenvalue weighted by Gasteiger charge is 1.94. The van der Waals surface area contributed by atoms with Gasteiger partial charge in [0.1, 0.15) is 0 Å². The van der Waals surface area contributed by atoms with E-state index in [2.05, 4.69) is 28.3 Å². The zero-order chi connectivity index (χ0) is 9.10. The van der Waals surface area contributed by atoms with Gasteiger partial charge in [0.25, 0.3) is 0 Å². The topological polar surface area (TPSA) is 26.0 Å². The van der Waals surface area contributed by atoms with Gasteiger partial charge < -0.3 is 5.73 Å². The van der Waals surface area contributed by atoms with E-state index in [1.54, 1.807) is 22.7 Å². The molecule has 2 rings (SSSR count). The van der Waals surface area contributed by atoms with Gasteiger partial charge in [0.05, 0.1) is 0 Å². The largest absolute Gasteiger partial charge is 0.398 e. The summed E-state index contributed by atoms with van der Waals surface area (Å²) in [7, 11) is 0. The Hall–Kier alpha value is -1.06. The van der Waals surface area contributed by atoms with Crippen molar-refractivity contribution in [2.24, 2.45) is 0 Å². The molecular weight excluding hydrogens is 198 g/mol. The van der Waals surface area contributed by atoms with E-state index in [1.807, 2.05) is 11.5 Å². The first-order chi connectivity index (χ1) is 6.36. The summed E-state index contributed by atoms with van der Waals surface area (Å²) in [5.41, 5.74) is 8.94. The highest BCUT2D eigenvalue weighted by atomic mass is 32.1. The molecule has 0 aliphatic carbocycles. The summed E-state index contributed by atoms with van der Waals surface area (Å²) in [5, 5.41) is 8.18. The van der Waals surface area contributed by atoms with Crippen LogP contribution in [-0.2, 0) is 0 Å². The second-order valence-corrected chi connectivity index (χ2v) is 4.20. The first-order valence-corrected chi connectivity index (χ1v) is 5.77. The Morgan fingerprint density at radius 3 is 2.62 bits per heavy atom. The summed E-state index contributed by atoms with van der Waals surface area (Å²) in [6.45, 7) is 0. The smallest absolute Gasteiger partial charge is 0.0496 e. The van der Waals surface area contributed by atoms with Crippen molar-refractivity contribution in [3.8, 4) is 0 Å². The Morgan fingerprint density at radius 2 is 2.00 bits per heavy atom. The van der Waals surface area contributed by atoms with Gasteiger partial charge in [0.2, 0.25) is 0 Å². The van der Waals surface area contributed by atoms with Crippen LogP contribution in [0.4, 0.5) is 5.69 Å². The molecule has 0 fully saturated rings. The maximum Gasteiger partial charge on any atom is 0.0496 e. The molecule has 0 aliphatic heterocycles. The Balaban J connectivity index is 2.19. The van der Waals surface area contributed by atoms with Crippen LogP contribution in [-0.4, -0.2) is 0 Å². The third kappa shape index (κ3) is 1.99. The summed E-state index contributed by atoms with van der Waals surface area (Å²) in [4.78, 5) is 0. The van der Waals surface area contributed by atoms with Crippen molar-refractivity contribution in [2.45, 2.75) is 0 Å². The van der Waals surface area contributed by atoms with Gasteiger partial charge in [-0.3, -0.25) is 0 Å². The van der Waals surface area contributed by atoms with Crippen molar-refractivity contribution < 1.29 is 0 Å². The van der Waals surface area contributed by atoms with Crippen LogP contribution in [0, 0.1) is 0 Å². The molecule has 1 nitrogen and oxygen atoms in total. The highest BCUT2D eigenvalue weighted by molar-refractivity contribution is 7.08. The van der Waals surface area contributed by atoms with Crippen molar-refractivity contribution in [3.63, 3.8) is 0 Å². The molecule has 0 saturated heterocycles. The summed E-state index contributed by atoms with van der Waals surface area (Å²) in [5.74, 6) is 0. The van der Waals surface area contributed by atoms with Gasteiger partial charge >= 0.3 is 0 Å². The predicted octanol–water partition coefficient (Wildman–Crippen LogP) is 3.56. The maximum atomic E-state index is 5.74. The normalized spacial score (nSPS) is 11.1. The Kier molecular flexibility index (Phi) is 2.47. The van der Waals surface area contributed by atoms with Crippen LogP contribution >= 0.6 is 22.7 Å². The molecule has 66 valence electrons. The summed E-state index contributed by atoms with van der Waals surface area (Å²) in [6, 6.07) is 2.09. The number of rotatable bonds is 2. The highest BCUT2D eigenvalue weighted by Crippen LogP contribution is 2.20. The van der Waals surface area contributed by atoms with Gasteiger partial charge in [-0.25, -0.2) is 0 Å². The molecule has 0 unspecified atom stereocenters. The third-order valence-electron chi connectivity index (χ3n) is 1.72. The molecule has 0 aliphatic rings. The van der Waals surface area contributed by atoms with Crippen LogP contribution < -0.4 is 5.73 Å². The summed E-state index contributed by atoms with van der Waals surface area (Å²) >= 11 is 3.33. The average molecular weight is 207 g/mol. The van der Waals surface area contributed by atoms with Crippen LogP contribution in [0.2, 0.25) is 0 Å². The van der Waals surface area contributed by atoms with E-state index in [-0.39, 0.29) is 0 Å². The zero-order valence-electron chi connectivity index (χ0n) is 6.94. The number of hydrogen-bond acceptors (Lipinski definition) is 3. The van der Waals surface area contributed by atoms with Gasteiger partial charge in [0.15, 0.2) is 0 Å². The first kappa shape index (κ1) is 8.53. The fourth-order valence-corrected chi connectivity index (χ4v) is 2.35. The van der Waals surface area contributed by atoms with Gasteiger partial charge in [-0.05, 0) is 22.4 Å². The molecule has 0 bridgehead atoms. The van der Waals surface area contributed by atoms with Crippen LogP contribution in [0.25, 0.3) is 12.2 Å². The lowest BCUT2D eigenvalue weighted by Crippen LogP contribution is -1.81. The molecule has 3 heteroatoms. The fraction of sp³-hybridized carbons (Fsp3) is 0. The summed E-state index contributed by atoms with van der Waals surface area (Å²) in [6.07, 6.45) is 4.13. The Morgan fingerprint density at radius 1 is 1.08 bits per heavy atom. The van der Waals surface area contributed by atoms with Crippen molar-refractivity contribution in [1.82, 2.24) is 0 Å². The molecule has 0 atom stereocenters. The molecule has 0 aromatic carbocycles. The maximum absolute atomic E-state index is 5.74. The minimum Gasteiger partial charge on any atom is -0.398 e. The molecule has 2 heterocycles. The third-order valence-corrected chi connectivity index (χ3v) is 3.20. The number of anilines is 1. The number of thiophene rings is 2. The van der Waals surface area contributed by atoms with E-state index in [9.17, 15) is 0 Å². The van der Waals surface area contributed by atoms with Crippen LogP contribution in [0.1, 0.15) is 11.1 Å². The monoisotopic (exact) mass is 207 g/mol. The van der Waals surface area contributed by atoms with Gasteiger partial charge in [-0.1, -0.05) is 12.2 Å². The van der Waals surface area contributed by atoms with E-state index in [0.29, 0.717) is 0 Å². The molecular formula is C10H9NS2. The molecule has 2 N–H and O–H groups in total. The fourth-order valence-electron chi connectivity index (χ4n) is 1.01. The Labute approximate surface area is 85.1 Å². The SMILES string of the molecule is Nc1cscc1/C=C/c1ccsc1. The minimum absolute atomic E-state index is 0.858. The van der Waals surface area contributed by atoms with Gasteiger partial charge in [-0.2, -0.15) is 11.3 Å². The van der Waals surface area contributed by atoms with E-state index in [0.717, 1.165) is 11.3 Å². The van der Waals surface area contributed by atoms with Crippen molar-refractivity contribution in [3.05, 3.63) is 38.7 Å². The number of hydrogen-bond donors (Lipinski definition) is 1. The molecule has 0 amide bonds. The van der Waals surface area contributed by atoms with Crippen molar-refractivity contribution in [2.75, 3.05) is 5.73 Å². The molecule has 2 aromatic heterocycles. The van der Waals surface area contributed by atoms with Gasteiger partial charge in [0, 0.05) is 22.0 Å². The molecule has 0 radical (unpaired) electrons. The lowest BCUT2D eigenvalue weighted by Gasteiger charge is -1.88. The standard InChI is InChI=1S/C10H9NS2/c11-10-7-13-6-9(10)2-1-8-3-4-12-5-8/h1-7H,11H2/b2-1+. The van der Waals surface area contributed by atoms with Crippen molar-refractivity contribution >= 4 is 40.5 Å². The zero-order valence-corrected chi connectivity index (χ0v) is 8.57. The van der Waals surface area contributed by atoms with Crippen LogP contribution in [0.15, 0.2) is 27.6 Å². The lowest BCUT2D eigenvalue weighted by atomic mass is 10.2. The molecule has 0 spiro atoms. The van der Waals surface area contributed by atoms with E-state index < -0.39 is 0 Å². The van der Waals surface area contributed by atoms with E-state index >= 15 is 0 Å². The molecule has 13 heavy (non-hydrogen) atoms. The summed E-state index contributed by atoms with van der Waals surface area (Å²) < 4.78 is 0. The number of nitrogen functional groups attached to an aromatic ring is 1. The predicted molar refractivity (Wildman–Crippen MR) is 62.0 cm³/mol.